The third-order valence-corrected chi connectivity index (χ3v) is 2.15. The molecule has 2 rings (SSSR count). The van der Waals surface area contributed by atoms with Crippen LogP contribution in [0, 0.1) is 0 Å². The maximum absolute atomic E-state index is 11.4. The predicted octanol–water partition coefficient (Wildman–Crippen LogP) is 0.212. The molecule has 1 N–H and O–H groups in total. The molecular formula is C9H12N2O2. The standard InChI is InChI=1S/C9H12N2O2/c12-9-8(2-1-3-10-9)11-4-6-13-7-5-11/h1-3H,4-7H2,(H,10,12). The summed E-state index contributed by atoms with van der Waals surface area (Å²) in [4.78, 5) is 16.1. The van der Waals surface area contributed by atoms with Gasteiger partial charge in [-0.2, -0.15) is 0 Å². The predicted molar refractivity (Wildman–Crippen MR) is 50.1 cm³/mol. The molecule has 0 unspecified atom stereocenters. The van der Waals surface area contributed by atoms with Crippen molar-refractivity contribution >= 4 is 5.69 Å². The number of nitrogens with one attached hydrogen (secondary N) is 1. The minimum atomic E-state index is -0.0237. The van der Waals surface area contributed by atoms with E-state index in [1.54, 1.807) is 6.20 Å². The molecule has 1 aromatic heterocycles. The number of rotatable bonds is 1. The molecule has 0 spiro atoms. The summed E-state index contributed by atoms with van der Waals surface area (Å²) < 4.78 is 5.21. The molecule has 1 aliphatic heterocycles. The van der Waals surface area contributed by atoms with E-state index >= 15 is 0 Å². The van der Waals surface area contributed by atoms with Gasteiger partial charge in [-0.15, -0.1) is 0 Å². The first-order valence-corrected chi connectivity index (χ1v) is 4.38. The van der Waals surface area contributed by atoms with Gasteiger partial charge in [-0.1, -0.05) is 0 Å². The Labute approximate surface area is 76.1 Å². The molecule has 0 bridgehead atoms. The maximum atomic E-state index is 11.4. The van der Waals surface area contributed by atoms with E-state index in [1.165, 1.54) is 0 Å². The Morgan fingerprint density at radius 1 is 1.38 bits per heavy atom. The summed E-state index contributed by atoms with van der Waals surface area (Å²) in [6.07, 6.45) is 1.65. The van der Waals surface area contributed by atoms with Crippen molar-refractivity contribution in [2.45, 2.75) is 0 Å². The van der Waals surface area contributed by atoms with Crippen LogP contribution < -0.4 is 10.5 Å². The van der Waals surface area contributed by atoms with E-state index in [9.17, 15) is 4.79 Å². The number of aromatic nitrogens is 1. The molecule has 1 aromatic rings. The molecule has 0 aliphatic carbocycles. The van der Waals surface area contributed by atoms with E-state index in [0.717, 1.165) is 18.8 Å². The highest BCUT2D eigenvalue weighted by molar-refractivity contribution is 5.43. The molecule has 4 heteroatoms. The minimum Gasteiger partial charge on any atom is -0.378 e. The molecule has 1 saturated heterocycles. The Morgan fingerprint density at radius 3 is 2.85 bits per heavy atom. The van der Waals surface area contributed by atoms with Crippen LogP contribution in [0.4, 0.5) is 5.69 Å². The van der Waals surface area contributed by atoms with Crippen molar-refractivity contribution in [3.63, 3.8) is 0 Å². The van der Waals surface area contributed by atoms with Crippen LogP contribution in [0.15, 0.2) is 23.1 Å². The highest BCUT2D eigenvalue weighted by Crippen LogP contribution is 2.08. The smallest absolute Gasteiger partial charge is 0.271 e. The van der Waals surface area contributed by atoms with Crippen molar-refractivity contribution < 1.29 is 4.74 Å². The van der Waals surface area contributed by atoms with Crippen molar-refractivity contribution in [3.05, 3.63) is 28.7 Å². The molecular weight excluding hydrogens is 168 g/mol. The second-order valence-electron chi connectivity index (χ2n) is 2.98. The summed E-state index contributed by atoms with van der Waals surface area (Å²) in [5, 5.41) is 0. The lowest BCUT2D eigenvalue weighted by molar-refractivity contribution is 0.122. The topological polar surface area (TPSA) is 45.3 Å². The Hall–Kier alpha value is -1.29. The van der Waals surface area contributed by atoms with E-state index in [-0.39, 0.29) is 5.56 Å². The first kappa shape index (κ1) is 8.31. The van der Waals surface area contributed by atoms with Crippen molar-refractivity contribution in [1.29, 1.82) is 0 Å². The molecule has 1 aliphatic rings. The quantitative estimate of drug-likeness (QED) is 0.672. The maximum Gasteiger partial charge on any atom is 0.271 e. The van der Waals surface area contributed by atoms with Gasteiger partial charge in [0, 0.05) is 19.3 Å². The lowest BCUT2D eigenvalue weighted by Crippen LogP contribution is -2.39. The zero-order valence-corrected chi connectivity index (χ0v) is 7.32. The summed E-state index contributed by atoms with van der Waals surface area (Å²) >= 11 is 0. The number of pyridine rings is 1. The molecule has 0 atom stereocenters. The number of aromatic amines is 1. The largest absolute Gasteiger partial charge is 0.378 e. The highest BCUT2D eigenvalue weighted by Gasteiger charge is 2.12. The zero-order valence-electron chi connectivity index (χ0n) is 7.32. The van der Waals surface area contributed by atoms with Crippen LogP contribution in [0.3, 0.4) is 0 Å². The average molecular weight is 180 g/mol. The van der Waals surface area contributed by atoms with Crippen LogP contribution in [0.2, 0.25) is 0 Å². The summed E-state index contributed by atoms with van der Waals surface area (Å²) in [6, 6.07) is 3.68. The van der Waals surface area contributed by atoms with Crippen LogP contribution in [0.1, 0.15) is 0 Å². The molecule has 2 heterocycles. The van der Waals surface area contributed by atoms with Gasteiger partial charge < -0.3 is 14.6 Å². The van der Waals surface area contributed by atoms with Gasteiger partial charge in [0.05, 0.1) is 13.2 Å². The van der Waals surface area contributed by atoms with Gasteiger partial charge in [-0.05, 0) is 12.1 Å². The van der Waals surface area contributed by atoms with Crippen LogP contribution in [0.5, 0.6) is 0 Å². The van der Waals surface area contributed by atoms with E-state index < -0.39 is 0 Å². The SMILES string of the molecule is O=c1[nH]cccc1N1CCOCC1. The second-order valence-corrected chi connectivity index (χ2v) is 2.98. The van der Waals surface area contributed by atoms with Crippen LogP contribution in [-0.2, 0) is 4.74 Å². The first-order valence-electron chi connectivity index (χ1n) is 4.38. The van der Waals surface area contributed by atoms with Crippen molar-refractivity contribution in [2.24, 2.45) is 0 Å². The lowest BCUT2D eigenvalue weighted by Gasteiger charge is -2.27. The Kier molecular flexibility index (Phi) is 2.31. The fourth-order valence-corrected chi connectivity index (χ4v) is 1.47. The van der Waals surface area contributed by atoms with Gasteiger partial charge in [0.2, 0.25) is 0 Å². The van der Waals surface area contributed by atoms with Crippen LogP contribution in [0.25, 0.3) is 0 Å². The highest BCUT2D eigenvalue weighted by atomic mass is 16.5. The molecule has 0 radical (unpaired) electrons. The third kappa shape index (κ3) is 1.72. The molecule has 70 valence electrons. The molecule has 13 heavy (non-hydrogen) atoms. The molecule has 4 nitrogen and oxygen atoms in total. The summed E-state index contributed by atoms with van der Waals surface area (Å²) in [7, 11) is 0. The van der Waals surface area contributed by atoms with Gasteiger partial charge in [-0.25, -0.2) is 0 Å². The Morgan fingerprint density at radius 2 is 2.15 bits per heavy atom. The minimum absolute atomic E-state index is 0.0237. The summed E-state index contributed by atoms with van der Waals surface area (Å²) in [6.45, 7) is 3.00. The summed E-state index contributed by atoms with van der Waals surface area (Å²) in [5.41, 5.74) is 0.718. The van der Waals surface area contributed by atoms with Crippen LogP contribution in [-0.4, -0.2) is 31.3 Å². The number of ether oxygens (including phenoxy) is 1. The third-order valence-electron chi connectivity index (χ3n) is 2.15. The number of hydrogen-bond acceptors (Lipinski definition) is 3. The van der Waals surface area contributed by atoms with Crippen molar-refractivity contribution in [3.8, 4) is 0 Å². The second kappa shape index (κ2) is 3.62. The number of nitrogens with zero attached hydrogens (tertiary/aromatic N) is 1. The van der Waals surface area contributed by atoms with E-state index in [2.05, 4.69) is 4.98 Å². The van der Waals surface area contributed by atoms with Gasteiger partial charge in [-0.3, -0.25) is 4.79 Å². The number of hydrogen-bond donors (Lipinski definition) is 1. The van der Waals surface area contributed by atoms with Crippen molar-refractivity contribution in [1.82, 2.24) is 4.98 Å². The molecule has 0 aromatic carbocycles. The number of morpholine rings is 1. The number of H-pyrrole nitrogens is 1. The molecule has 0 saturated carbocycles. The van der Waals surface area contributed by atoms with Gasteiger partial charge in [0.15, 0.2) is 0 Å². The average Bonchev–Trinajstić information content (AvgIpc) is 2.20. The van der Waals surface area contributed by atoms with Crippen LogP contribution >= 0.6 is 0 Å². The van der Waals surface area contributed by atoms with E-state index in [4.69, 9.17) is 4.74 Å². The normalized spacial score (nSPS) is 17.4. The number of anilines is 1. The Bertz CT molecular complexity index is 328. The first-order chi connectivity index (χ1) is 6.38. The molecule has 1 fully saturated rings. The van der Waals surface area contributed by atoms with E-state index in [0.29, 0.717) is 13.2 Å². The zero-order chi connectivity index (χ0) is 9.10. The van der Waals surface area contributed by atoms with E-state index in [1.807, 2.05) is 17.0 Å². The summed E-state index contributed by atoms with van der Waals surface area (Å²) in [5.74, 6) is 0. The monoisotopic (exact) mass is 180 g/mol. The van der Waals surface area contributed by atoms with Gasteiger partial charge in [0.1, 0.15) is 5.69 Å². The fourth-order valence-electron chi connectivity index (χ4n) is 1.47. The fraction of sp³-hybridized carbons (Fsp3) is 0.444. The Balaban J connectivity index is 2.24. The van der Waals surface area contributed by atoms with Crippen molar-refractivity contribution in [2.75, 3.05) is 31.2 Å². The van der Waals surface area contributed by atoms with Gasteiger partial charge in [0.25, 0.3) is 5.56 Å². The van der Waals surface area contributed by atoms with Gasteiger partial charge >= 0.3 is 0 Å². The lowest BCUT2D eigenvalue weighted by atomic mass is 10.3. The molecule has 0 amide bonds.